The summed E-state index contributed by atoms with van der Waals surface area (Å²) in [6.45, 7) is 4.85. The van der Waals surface area contributed by atoms with Crippen LogP contribution in [0.3, 0.4) is 0 Å². The van der Waals surface area contributed by atoms with Gasteiger partial charge in [0.25, 0.3) is 5.69 Å². The summed E-state index contributed by atoms with van der Waals surface area (Å²) in [6.07, 6.45) is 3.54. The van der Waals surface area contributed by atoms with Crippen molar-refractivity contribution in [3.63, 3.8) is 0 Å². The Morgan fingerprint density at radius 3 is 2.76 bits per heavy atom. The van der Waals surface area contributed by atoms with Gasteiger partial charge in [0.15, 0.2) is 5.78 Å². The van der Waals surface area contributed by atoms with Gasteiger partial charge in [-0.15, -0.1) is 0 Å². The van der Waals surface area contributed by atoms with E-state index in [2.05, 4.69) is 29.2 Å². The van der Waals surface area contributed by atoms with Crippen LogP contribution >= 0.6 is 22.6 Å². The predicted octanol–water partition coefficient (Wildman–Crippen LogP) is 2.76. The molecule has 2 aromatic rings. The van der Waals surface area contributed by atoms with E-state index in [-0.39, 0.29) is 29.8 Å². The molecule has 1 aliphatic heterocycles. The van der Waals surface area contributed by atoms with Crippen LogP contribution in [0.5, 0.6) is 0 Å². The molecule has 1 aromatic carbocycles. The van der Waals surface area contributed by atoms with E-state index >= 15 is 0 Å². The van der Waals surface area contributed by atoms with Gasteiger partial charge in [-0.05, 0) is 34.7 Å². The number of amides is 1. The molecule has 0 N–H and O–H groups in total. The van der Waals surface area contributed by atoms with Gasteiger partial charge in [0.2, 0.25) is 5.91 Å². The number of fused-ring (bicyclic) bond motifs is 1. The molecule has 1 amide bonds. The number of hydrogen-bond donors (Lipinski definition) is 0. The minimum atomic E-state index is -0.426. The van der Waals surface area contributed by atoms with Crippen molar-refractivity contribution in [1.82, 2.24) is 9.47 Å². The van der Waals surface area contributed by atoms with Crippen molar-refractivity contribution in [2.45, 2.75) is 13.0 Å². The highest BCUT2D eigenvalue weighted by Gasteiger charge is 2.30. The molecule has 0 aliphatic carbocycles. The van der Waals surface area contributed by atoms with Crippen molar-refractivity contribution in [3.8, 4) is 0 Å². The smallest absolute Gasteiger partial charge is 0.270 e. The van der Waals surface area contributed by atoms with E-state index in [0.717, 1.165) is 14.5 Å². The molecule has 3 rings (SSSR count). The normalized spacial score (nSPS) is 14.4. The molecule has 2 heterocycles. The molecular weight excluding hydrogens is 437 g/mol. The second-order valence-corrected chi connectivity index (χ2v) is 7.28. The van der Waals surface area contributed by atoms with E-state index in [0.29, 0.717) is 19.5 Å². The molecule has 0 radical (unpaired) electrons. The van der Waals surface area contributed by atoms with Gasteiger partial charge in [0.05, 0.1) is 17.0 Å². The monoisotopic (exact) mass is 453 g/mol. The molecule has 7 nitrogen and oxygen atoms in total. The number of likely N-dealkylation sites (tertiary alicyclic amines) is 1. The van der Waals surface area contributed by atoms with Crippen molar-refractivity contribution in [2.24, 2.45) is 5.92 Å². The zero-order chi connectivity index (χ0) is 18.1. The van der Waals surface area contributed by atoms with Crippen molar-refractivity contribution >= 4 is 50.9 Å². The minimum absolute atomic E-state index is 0.0379. The highest BCUT2D eigenvalue weighted by Crippen LogP contribution is 2.27. The van der Waals surface area contributed by atoms with E-state index in [1.54, 1.807) is 11.0 Å². The molecule has 0 unspecified atom stereocenters. The summed E-state index contributed by atoms with van der Waals surface area (Å²) in [5.41, 5.74) is 0.844. The third-order valence-electron chi connectivity index (χ3n) is 4.33. The standard InChI is InChI=1S/C17H16IN3O4/c1-2-17(23)20-7-11(8-20)5-13(22)9-19-10-15(18)14-6-12(21(24)25)3-4-16(14)19/h2-4,6,10-11H,1,5,7-9H2. The predicted molar refractivity (Wildman–Crippen MR) is 101 cm³/mol. The van der Waals surface area contributed by atoms with Crippen molar-refractivity contribution in [3.05, 3.63) is 50.7 Å². The van der Waals surface area contributed by atoms with Gasteiger partial charge in [-0.25, -0.2) is 0 Å². The first-order chi connectivity index (χ1) is 11.9. The van der Waals surface area contributed by atoms with E-state index in [1.165, 1.54) is 18.2 Å². The van der Waals surface area contributed by atoms with E-state index in [4.69, 9.17) is 0 Å². The van der Waals surface area contributed by atoms with Crippen LogP contribution in [0.1, 0.15) is 6.42 Å². The van der Waals surface area contributed by atoms with Gasteiger partial charge in [-0.2, -0.15) is 0 Å². The number of carbonyl (C=O) groups excluding carboxylic acids is 2. The van der Waals surface area contributed by atoms with Crippen LogP contribution in [0.4, 0.5) is 5.69 Å². The molecule has 1 saturated heterocycles. The number of nitrogens with zero attached hydrogens (tertiary/aromatic N) is 3. The zero-order valence-corrected chi connectivity index (χ0v) is 15.5. The molecule has 0 bridgehead atoms. The summed E-state index contributed by atoms with van der Waals surface area (Å²) < 4.78 is 2.70. The summed E-state index contributed by atoms with van der Waals surface area (Å²) in [7, 11) is 0. The van der Waals surface area contributed by atoms with Crippen LogP contribution in [-0.4, -0.2) is 39.2 Å². The van der Waals surface area contributed by atoms with Crippen molar-refractivity contribution < 1.29 is 14.5 Å². The van der Waals surface area contributed by atoms with Crippen LogP contribution in [-0.2, 0) is 16.1 Å². The number of hydrogen-bond acceptors (Lipinski definition) is 4. The van der Waals surface area contributed by atoms with Gasteiger partial charge in [0, 0.05) is 52.7 Å². The Labute approximate surface area is 157 Å². The lowest BCUT2D eigenvalue weighted by molar-refractivity contribution is -0.384. The molecule has 0 atom stereocenters. The number of aromatic nitrogens is 1. The third kappa shape index (κ3) is 3.58. The molecule has 25 heavy (non-hydrogen) atoms. The summed E-state index contributed by atoms with van der Waals surface area (Å²) >= 11 is 2.12. The Morgan fingerprint density at radius 2 is 2.12 bits per heavy atom. The highest BCUT2D eigenvalue weighted by molar-refractivity contribution is 14.1. The van der Waals surface area contributed by atoms with E-state index < -0.39 is 4.92 Å². The van der Waals surface area contributed by atoms with Crippen molar-refractivity contribution in [2.75, 3.05) is 13.1 Å². The summed E-state index contributed by atoms with van der Waals surface area (Å²) in [5, 5.41) is 11.7. The second kappa shape index (κ2) is 6.95. The fraction of sp³-hybridized carbons (Fsp3) is 0.294. The summed E-state index contributed by atoms with van der Waals surface area (Å²) in [6, 6.07) is 4.66. The first kappa shape index (κ1) is 17.6. The molecule has 130 valence electrons. The van der Waals surface area contributed by atoms with E-state index in [1.807, 2.05) is 10.8 Å². The SMILES string of the molecule is C=CC(=O)N1CC(CC(=O)Cn2cc(I)c3cc([N+](=O)[O-])ccc32)C1. The maximum Gasteiger partial charge on any atom is 0.270 e. The fourth-order valence-corrected chi connectivity index (χ4v) is 3.84. The zero-order valence-electron chi connectivity index (χ0n) is 13.4. The van der Waals surface area contributed by atoms with Gasteiger partial charge < -0.3 is 9.47 Å². The number of nitro benzene ring substituents is 1. The topological polar surface area (TPSA) is 85.5 Å². The Morgan fingerprint density at radius 1 is 1.40 bits per heavy atom. The van der Waals surface area contributed by atoms with Crippen LogP contribution in [0.25, 0.3) is 10.9 Å². The molecule has 0 saturated carbocycles. The van der Waals surface area contributed by atoms with Crippen LogP contribution in [0, 0.1) is 19.6 Å². The van der Waals surface area contributed by atoms with E-state index in [9.17, 15) is 19.7 Å². The number of benzene rings is 1. The van der Waals surface area contributed by atoms with Crippen LogP contribution < -0.4 is 0 Å². The summed E-state index contributed by atoms with van der Waals surface area (Å²) in [4.78, 5) is 35.9. The van der Waals surface area contributed by atoms with Gasteiger partial charge in [-0.3, -0.25) is 19.7 Å². The van der Waals surface area contributed by atoms with Crippen LogP contribution in [0.15, 0.2) is 37.1 Å². The Bertz CT molecular complexity index is 883. The average molecular weight is 453 g/mol. The molecule has 1 fully saturated rings. The molecular formula is C17H16IN3O4. The van der Waals surface area contributed by atoms with Gasteiger partial charge >= 0.3 is 0 Å². The third-order valence-corrected chi connectivity index (χ3v) is 5.19. The number of non-ortho nitro benzene ring substituents is 1. The minimum Gasteiger partial charge on any atom is -0.339 e. The maximum atomic E-state index is 12.3. The average Bonchev–Trinajstić information content (AvgIpc) is 2.85. The molecule has 8 heteroatoms. The van der Waals surface area contributed by atoms with Gasteiger partial charge in [0.1, 0.15) is 0 Å². The Kier molecular flexibility index (Phi) is 4.89. The number of ketones is 1. The first-order valence-corrected chi connectivity index (χ1v) is 8.82. The lowest BCUT2D eigenvalue weighted by Crippen LogP contribution is -2.50. The summed E-state index contributed by atoms with van der Waals surface area (Å²) in [5.74, 6) is 0.178. The Hall–Kier alpha value is -2.23. The Balaban J connectivity index is 1.67. The van der Waals surface area contributed by atoms with Crippen LogP contribution in [0.2, 0.25) is 0 Å². The quantitative estimate of drug-likeness (QED) is 0.292. The molecule has 1 aromatic heterocycles. The number of carbonyl (C=O) groups is 2. The first-order valence-electron chi connectivity index (χ1n) is 7.75. The lowest BCUT2D eigenvalue weighted by Gasteiger charge is -2.38. The van der Waals surface area contributed by atoms with Crippen molar-refractivity contribution in [1.29, 1.82) is 0 Å². The van der Waals surface area contributed by atoms with Gasteiger partial charge in [-0.1, -0.05) is 6.58 Å². The lowest BCUT2D eigenvalue weighted by atomic mass is 9.94. The largest absolute Gasteiger partial charge is 0.339 e. The maximum absolute atomic E-state index is 12.3. The number of Topliss-reactive ketones (excluding diaryl/α,β-unsaturated/α-hetero) is 1. The molecule has 1 aliphatic rings. The number of nitro groups is 1. The molecule has 0 spiro atoms. The fourth-order valence-electron chi connectivity index (χ4n) is 3.07. The number of halogens is 1. The second-order valence-electron chi connectivity index (χ2n) is 6.12. The number of rotatable bonds is 6. The highest BCUT2D eigenvalue weighted by atomic mass is 127.